The first-order valence-electron chi connectivity index (χ1n) is 15.6. The maximum atomic E-state index is 2.31. The van der Waals surface area contributed by atoms with Gasteiger partial charge in [-0.3, -0.25) is 0 Å². The molecule has 0 saturated heterocycles. The molecule has 0 aliphatic carbocycles. The molecule has 0 radical (unpaired) electrons. The van der Waals surface area contributed by atoms with E-state index >= 15 is 0 Å². The molecule has 0 aliphatic rings. The molecule has 2 aromatic rings. The molecule has 0 aliphatic heterocycles. The largest absolute Gasteiger partial charge is 0.0654 e. The van der Waals surface area contributed by atoms with Crippen LogP contribution in [0.2, 0.25) is 0 Å². The number of hydrogen-bond donors (Lipinski definition) is 0. The molecular formula is C37H64. The third kappa shape index (κ3) is 18.4. The lowest BCUT2D eigenvalue weighted by atomic mass is 9.86. The van der Waals surface area contributed by atoms with Crippen molar-refractivity contribution in [2.24, 2.45) is 5.92 Å². The van der Waals surface area contributed by atoms with E-state index in [-0.39, 0.29) is 5.41 Å². The van der Waals surface area contributed by atoms with Gasteiger partial charge < -0.3 is 0 Å². The van der Waals surface area contributed by atoms with Gasteiger partial charge in [0.15, 0.2) is 0 Å². The Balaban J connectivity index is 0.000000530. The summed E-state index contributed by atoms with van der Waals surface area (Å²) in [6.07, 6.45) is 14.1. The Hall–Kier alpha value is -1.56. The molecule has 0 unspecified atom stereocenters. The molecule has 0 saturated carbocycles. The Labute approximate surface area is 234 Å². The fraction of sp³-hybridized carbons (Fsp3) is 0.676. The third-order valence-corrected chi connectivity index (χ3v) is 6.92. The van der Waals surface area contributed by atoms with Gasteiger partial charge in [-0.2, -0.15) is 0 Å². The lowest BCUT2D eigenvalue weighted by molar-refractivity contribution is 0.572. The summed E-state index contributed by atoms with van der Waals surface area (Å²) < 4.78 is 0. The topological polar surface area (TPSA) is 0 Å². The van der Waals surface area contributed by atoms with Crippen LogP contribution in [0.4, 0.5) is 0 Å². The van der Waals surface area contributed by atoms with Crippen molar-refractivity contribution in [2.45, 2.75) is 158 Å². The van der Waals surface area contributed by atoms with Crippen molar-refractivity contribution < 1.29 is 0 Å². The van der Waals surface area contributed by atoms with Gasteiger partial charge in [0.2, 0.25) is 0 Å². The Kier molecular flexibility index (Phi) is 19.5. The lowest BCUT2D eigenvalue weighted by Gasteiger charge is -2.19. The van der Waals surface area contributed by atoms with Crippen LogP contribution in [0.5, 0.6) is 0 Å². The molecule has 0 aromatic heterocycles. The highest BCUT2D eigenvalue weighted by molar-refractivity contribution is 5.28. The van der Waals surface area contributed by atoms with E-state index in [1.165, 1.54) is 86.5 Å². The van der Waals surface area contributed by atoms with Crippen LogP contribution in [0.3, 0.4) is 0 Å². The second-order valence-electron chi connectivity index (χ2n) is 13.0. The Morgan fingerprint density at radius 2 is 0.973 bits per heavy atom. The SMILES string of the molecule is CC(C)Cc1ccc(C(C)(C)C)cc1.CC(C)c1cccc(C(C)C)c1.CCCCCCCCCCC. The van der Waals surface area contributed by atoms with Gasteiger partial charge >= 0.3 is 0 Å². The normalized spacial score (nSPS) is 11.3. The summed E-state index contributed by atoms with van der Waals surface area (Å²) in [6, 6.07) is 17.9. The molecular weight excluding hydrogens is 444 g/mol. The molecule has 212 valence electrons. The quantitative estimate of drug-likeness (QED) is 0.250. The molecule has 0 spiro atoms. The first-order valence-corrected chi connectivity index (χ1v) is 15.6. The Morgan fingerprint density at radius 3 is 1.30 bits per heavy atom. The molecule has 0 amide bonds. The minimum absolute atomic E-state index is 0.274. The standard InChI is InChI=1S/C14H22.C12H18.C11H24/c1-11(2)10-12-6-8-13(9-7-12)14(3,4)5;1-9(2)11-6-5-7-12(8-11)10(3)4;1-3-5-7-9-11-10-8-6-4-2/h6-9,11H,10H2,1-5H3;5-10H,1-4H3;3-11H2,1-2H3. The smallest absolute Gasteiger partial charge is 0.0132 e. The van der Waals surface area contributed by atoms with Crippen LogP contribution in [-0.4, -0.2) is 0 Å². The second-order valence-corrected chi connectivity index (χ2v) is 13.0. The van der Waals surface area contributed by atoms with Crippen LogP contribution in [-0.2, 0) is 11.8 Å². The maximum Gasteiger partial charge on any atom is -0.0132 e. The number of unbranched alkanes of at least 4 members (excludes halogenated alkanes) is 8. The molecule has 2 rings (SSSR count). The zero-order chi connectivity index (χ0) is 28.3. The third-order valence-electron chi connectivity index (χ3n) is 6.92. The monoisotopic (exact) mass is 509 g/mol. The number of rotatable bonds is 12. The van der Waals surface area contributed by atoms with Gasteiger partial charge in [-0.05, 0) is 51.8 Å². The predicted octanol–water partition coefficient (Wildman–Crippen LogP) is 12.7. The van der Waals surface area contributed by atoms with Crippen molar-refractivity contribution in [2.75, 3.05) is 0 Å². The van der Waals surface area contributed by atoms with E-state index in [1.54, 1.807) is 0 Å². The van der Waals surface area contributed by atoms with Crippen LogP contribution in [0.25, 0.3) is 0 Å². The summed E-state index contributed by atoms with van der Waals surface area (Å²) in [5.74, 6) is 2.03. The first kappa shape index (κ1) is 35.4. The minimum atomic E-state index is 0.274. The minimum Gasteiger partial charge on any atom is -0.0654 e. The van der Waals surface area contributed by atoms with Crippen LogP contribution in [0.15, 0.2) is 48.5 Å². The van der Waals surface area contributed by atoms with Crippen molar-refractivity contribution in [1.29, 1.82) is 0 Å². The summed E-state index contributed by atoms with van der Waals surface area (Å²) in [6.45, 7) is 24.8. The summed E-state index contributed by atoms with van der Waals surface area (Å²) in [7, 11) is 0. The van der Waals surface area contributed by atoms with E-state index in [4.69, 9.17) is 0 Å². The average Bonchev–Trinajstić information content (AvgIpc) is 2.84. The van der Waals surface area contributed by atoms with Gasteiger partial charge in [0.1, 0.15) is 0 Å². The van der Waals surface area contributed by atoms with E-state index in [0.29, 0.717) is 11.8 Å². The van der Waals surface area contributed by atoms with Crippen molar-refractivity contribution in [3.05, 3.63) is 70.8 Å². The van der Waals surface area contributed by atoms with Crippen LogP contribution in [0, 0.1) is 5.92 Å². The van der Waals surface area contributed by atoms with Crippen molar-refractivity contribution in [3.63, 3.8) is 0 Å². The highest BCUT2D eigenvalue weighted by atomic mass is 14.2. The average molecular weight is 509 g/mol. The van der Waals surface area contributed by atoms with Crippen LogP contribution < -0.4 is 0 Å². The summed E-state index contributed by atoms with van der Waals surface area (Å²) in [4.78, 5) is 0. The zero-order valence-corrected chi connectivity index (χ0v) is 26.9. The number of hydrogen-bond acceptors (Lipinski definition) is 0. The van der Waals surface area contributed by atoms with Crippen LogP contribution in [0.1, 0.15) is 168 Å². The molecule has 0 heteroatoms. The fourth-order valence-electron chi connectivity index (χ4n) is 4.27. The molecule has 0 N–H and O–H groups in total. The summed E-state index contributed by atoms with van der Waals surface area (Å²) >= 11 is 0. The van der Waals surface area contributed by atoms with E-state index < -0.39 is 0 Å². The van der Waals surface area contributed by atoms with Gasteiger partial charge in [-0.15, -0.1) is 0 Å². The van der Waals surface area contributed by atoms with E-state index in [0.717, 1.165) is 5.92 Å². The molecule has 2 aromatic carbocycles. The number of benzene rings is 2. The van der Waals surface area contributed by atoms with Crippen molar-refractivity contribution >= 4 is 0 Å². The molecule has 0 fully saturated rings. The van der Waals surface area contributed by atoms with Gasteiger partial charge in [-0.1, -0.05) is 182 Å². The fourth-order valence-corrected chi connectivity index (χ4v) is 4.27. The van der Waals surface area contributed by atoms with Crippen molar-refractivity contribution in [3.8, 4) is 0 Å². The first-order chi connectivity index (χ1) is 17.4. The Bertz CT molecular complexity index is 739. The van der Waals surface area contributed by atoms with Gasteiger partial charge in [0.05, 0.1) is 0 Å². The Morgan fingerprint density at radius 1 is 0.568 bits per heavy atom. The molecule has 37 heavy (non-hydrogen) atoms. The second kappa shape index (κ2) is 20.4. The zero-order valence-electron chi connectivity index (χ0n) is 26.9. The maximum absolute atomic E-state index is 2.31. The molecule has 0 bridgehead atoms. The van der Waals surface area contributed by atoms with Gasteiger partial charge in [0, 0.05) is 0 Å². The summed E-state index contributed by atoms with van der Waals surface area (Å²) in [5, 5.41) is 0. The van der Waals surface area contributed by atoms with Gasteiger partial charge in [0.25, 0.3) is 0 Å². The highest BCUT2D eigenvalue weighted by Gasteiger charge is 2.12. The highest BCUT2D eigenvalue weighted by Crippen LogP contribution is 2.23. The van der Waals surface area contributed by atoms with E-state index in [2.05, 4.69) is 125 Å². The molecule has 0 nitrogen and oxygen atoms in total. The lowest BCUT2D eigenvalue weighted by Crippen LogP contribution is -2.10. The van der Waals surface area contributed by atoms with E-state index in [9.17, 15) is 0 Å². The summed E-state index contributed by atoms with van der Waals surface area (Å²) in [5.41, 5.74) is 6.04. The van der Waals surface area contributed by atoms with Gasteiger partial charge in [-0.25, -0.2) is 0 Å². The van der Waals surface area contributed by atoms with E-state index in [1.807, 2.05) is 0 Å². The van der Waals surface area contributed by atoms with Crippen molar-refractivity contribution in [1.82, 2.24) is 0 Å². The molecule has 0 atom stereocenters. The predicted molar refractivity (Wildman–Crippen MR) is 171 cm³/mol. The molecule has 0 heterocycles. The van der Waals surface area contributed by atoms with Crippen LogP contribution >= 0.6 is 0 Å².